The van der Waals surface area contributed by atoms with E-state index in [9.17, 15) is 14.9 Å². The van der Waals surface area contributed by atoms with E-state index in [2.05, 4.69) is 26.0 Å². The zero-order valence-corrected chi connectivity index (χ0v) is 18.8. The van der Waals surface area contributed by atoms with Gasteiger partial charge in [-0.15, -0.1) is 0 Å². The first kappa shape index (κ1) is 22.8. The average molecular weight is 491 g/mol. The van der Waals surface area contributed by atoms with E-state index in [4.69, 9.17) is 4.74 Å². The lowest BCUT2D eigenvalue weighted by atomic mass is 10.1. The van der Waals surface area contributed by atoms with Gasteiger partial charge >= 0.3 is 5.97 Å². The number of benzene rings is 3. The van der Waals surface area contributed by atoms with Gasteiger partial charge in [0.2, 0.25) is 0 Å². The second-order valence-corrected chi connectivity index (χ2v) is 7.59. The summed E-state index contributed by atoms with van der Waals surface area (Å²) < 4.78 is 11.4. The Hall–Kier alpha value is -3.89. The molecule has 7 heteroatoms. The second kappa shape index (κ2) is 10.9. The fourth-order valence-electron chi connectivity index (χ4n) is 2.73. The molecule has 0 saturated carbocycles. The lowest BCUT2D eigenvalue weighted by Crippen LogP contribution is -2.13. The van der Waals surface area contributed by atoms with Gasteiger partial charge in [0.15, 0.2) is 0 Å². The van der Waals surface area contributed by atoms with E-state index in [1.54, 1.807) is 36.4 Å². The van der Waals surface area contributed by atoms with Gasteiger partial charge in [0, 0.05) is 10.2 Å². The Morgan fingerprint density at radius 3 is 2.25 bits per heavy atom. The molecule has 0 bridgehead atoms. The molecule has 1 N–H and O–H groups in total. The number of hydrogen-bond donors (Lipinski definition) is 1. The number of methoxy groups -OCH3 is 1. The molecule has 160 valence electrons. The molecule has 0 unspecified atom stereocenters. The van der Waals surface area contributed by atoms with Gasteiger partial charge in [-0.3, -0.25) is 4.79 Å². The van der Waals surface area contributed by atoms with Crippen molar-refractivity contribution in [3.8, 4) is 11.8 Å². The maximum absolute atomic E-state index is 12.5. The number of rotatable bonds is 7. The third-order valence-corrected chi connectivity index (χ3v) is 4.97. The van der Waals surface area contributed by atoms with Crippen LogP contribution < -0.4 is 10.1 Å². The molecule has 0 saturated heterocycles. The van der Waals surface area contributed by atoms with Crippen LogP contribution in [0.5, 0.6) is 5.75 Å². The summed E-state index contributed by atoms with van der Waals surface area (Å²) in [5.41, 5.74) is 2.50. The molecule has 3 aromatic carbocycles. The van der Waals surface area contributed by atoms with E-state index in [0.717, 1.165) is 10.0 Å². The number of halogens is 1. The van der Waals surface area contributed by atoms with Crippen molar-refractivity contribution in [3.63, 3.8) is 0 Å². The summed E-state index contributed by atoms with van der Waals surface area (Å²) in [4.78, 5) is 23.9. The Kier molecular flexibility index (Phi) is 7.79. The Morgan fingerprint density at radius 2 is 1.66 bits per heavy atom. The first-order valence-corrected chi connectivity index (χ1v) is 10.4. The number of nitrogens with one attached hydrogen (secondary N) is 1. The Bertz CT molecular complexity index is 1160. The lowest BCUT2D eigenvalue weighted by molar-refractivity contribution is -0.112. The van der Waals surface area contributed by atoms with Crippen molar-refractivity contribution >= 4 is 39.6 Å². The van der Waals surface area contributed by atoms with Crippen molar-refractivity contribution in [1.29, 1.82) is 5.26 Å². The summed E-state index contributed by atoms with van der Waals surface area (Å²) in [6.07, 6.45) is 1.50. The molecule has 0 aromatic heterocycles. The van der Waals surface area contributed by atoms with Crippen LogP contribution in [0.4, 0.5) is 5.69 Å². The van der Waals surface area contributed by atoms with Crippen LogP contribution in [0.15, 0.2) is 82.8 Å². The van der Waals surface area contributed by atoms with Gasteiger partial charge in [-0.2, -0.15) is 5.26 Å². The van der Waals surface area contributed by atoms with Crippen molar-refractivity contribution in [2.45, 2.75) is 6.61 Å². The number of ether oxygens (including phenoxy) is 2. The van der Waals surface area contributed by atoms with Gasteiger partial charge in [0.1, 0.15) is 24.0 Å². The van der Waals surface area contributed by atoms with Gasteiger partial charge in [0.05, 0.1) is 12.7 Å². The van der Waals surface area contributed by atoms with Crippen molar-refractivity contribution in [2.75, 3.05) is 12.4 Å². The molecule has 0 atom stereocenters. The normalized spacial score (nSPS) is 10.7. The highest BCUT2D eigenvalue weighted by Gasteiger charge is 2.11. The number of nitrogens with zero attached hydrogens (tertiary/aromatic N) is 1. The number of anilines is 1. The molecule has 3 aromatic rings. The van der Waals surface area contributed by atoms with Crippen LogP contribution in [0.2, 0.25) is 0 Å². The summed E-state index contributed by atoms with van der Waals surface area (Å²) in [5.74, 6) is -0.336. The second-order valence-electron chi connectivity index (χ2n) is 6.68. The van der Waals surface area contributed by atoms with Crippen LogP contribution in [0.25, 0.3) is 6.08 Å². The van der Waals surface area contributed by atoms with Crippen LogP contribution in [-0.4, -0.2) is 19.0 Å². The molecule has 0 radical (unpaired) electrons. The zero-order valence-electron chi connectivity index (χ0n) is 17.2. The molecule has 0 spiro atoms. The van der Waals surface area contributed by atoms with Crippen LogP contribution in [0.1, 0.15) is 21.5 Å². The van der Waals surface area contributed by atoms with Gasteiger partial charge in [-0.25, -0.2) is 4.79 Å². The smallest absolute Gasteiger partial charge is 0.337 e. The number of nitriles is 1. The van der Waals surface area contributed by atoms with Crippen molar-refractivity contribution in [3.05, 3.63) is 99.5 Å². The quantitative estimate of drug-likeness (QED) is 0.273. The summed E-state index contributed by atoms with van der Waals surface area (Å²) >= 11 is 3.40. The Morgan fingerprint density at radius 1 is 1.00 bits per heavy atom. The fraction of sp³-hybridized carbons (Fsp3) is 0.0800. The highest BCUT2D eigenvalue weighted by Crippen LogP contribution is 2.18. The predicted molar refractivity (Wildman–Crippen MR) is 125 cm³/mol. The summed E-state index contributed by atoms with van der Waals surface area (Å²) in [7, 11) is 1.29. The van der Waals surface area contributed by atoms with E-state index in [0.29, 0.717) is 29.2 Å². The van der Waals surface area contributed by atoms with E-state index in [1.807, 2.05) is 30.3 Å². The van der Waals surface area contributed by atoms with Crippen LogP contribution in [0.3, 0.4) is 0 Å². The molecule has 0 aliphatic rings. The molecule has 1 amide bonds. The van der Waals surface area contributed by atoms with Crippen LogP contribution in [-0.2, 0) is 16.1 Å². The molecule has 32 heavy (non-hydrogen) atoms. The van der Waals surface area contributed by atoms with Gasteiger partial charge in [-0.05, 0) is 65.7 Å². The Balaban J connectivity index is 1.62. The van der Waals surface area contributed by atoms with Crippen molar-refractivity contribution in [2.24, 2.45) is 0 Å². The summed E-state index contributed by atoms with van der Waals surface area (Å²) in [6, 6.07) is 23.1. The first-order valence-electron chi connectivity index (χ1n) is 9.57. The van der Waals surface area contributed by atoms with Gasteiger partial charge < -0.3 is 14.8 Å². The van der Waals surface area contributed by atoms with Crippen LogP contribution >= 0.6 is 15.9 Å². The number of carbonyl (C=O) groups excluding carboxylic acids is 2. The largest absolute Gasteiger partial charge is 0.489 e. The SMILES string of the molecule is COC(=O)c1ccc(NC(=O)/C(C#N)=C/c2ccc(OCc3ccc(Br)cc3)cc2)cc1. The minimum absolute atomic E-state index is 0.0504. The number of esters is 1. The summed E-state index contributed by atoms with van der Waals surface area (Å²) in [6.45, 7) is 0.434. The third-order valence-electron chi connectivity index (χ3n) is 4.44. The molecular weight excluding hydrogens is 472 g/mol. The van der Waals surface area contributed by atoms with Gasteiger partial charge in [-0.1, -0.05) is 40.2 Å². The first-order chi connectivity index (χ1) is 15.5. The monoisotopic (exact) mass is 490 g/mol. The highest BCUT2D eigenvalue weighted by atomic mass is 79.9. The highest BCUT2D eigenvalue weighted by molar-refractivity contribution is 9.10. The topological polar surface area (TPSA) is 88.4 Å². The minimum Gasteiger partial charge on any atom is -0.489 e. The zero-order chi connectivity index (χ0) is 22.9. The van der Waals surface area contributed by atoms with Gasteiger partial charge in [0.25, 0.3) is 5.91 Å². The molecule has 0 aliphatic heterocycles. The molecule has 6 nitrogen and oxygen atoms in total. The average Bonchev–Trinajstić information content (AvgIpc) is 2.82. The predicted octanol–water partition coefficient (Wildman–Crippen LogP) is 5.36. The van der Waals surface area contributed by atoms with E-state index < -0.39 is 11.9 Å². The number of carbonyl (C=O) groups is 2. The third kappa shape index (κ3) is 6.30. The number of hydrogen-bond acceptors (Lipinski definition) is 5. The molecular formula is C25H19BrN2O4. The lowest BCUT2D eigenvalue weighted by Gasteiger charge is -2.07. The van der Waals surface area contributed by atoms with E-state index in [1.165, 1.54) is 25.3 Å². The molecule has 0 fully saturated rings. The van der Waals surface area contributed by atoms with E-state index in [-0.39, 0.29) is 5.57 Å². The minimum atomic E-state index is -0.547. The molecule has 3 rings (SSSR count). The van der Waals surface area contributed by atoms with E-state index >= 15 is 0 Å². The molecule has 0 heterocycles. The Labute approximate surface area is 194 Å². The number of amides is 1. The maximum Gasteiger partial charge on any atom is 0.337 e. The van der Waals surface area contributed by atoms with Crippen molar-refractivity contribution < 1.29 is 19.1 Å². The summed E-state index contributed by atoms with van der Waals surface area (Å²) in [5, 5.41) is 12.0. The standard InChI is InChI=1S/C25H19BrN2O4/c1-31-25(30)19-6-10-22(11-7-19)28-24(29)20(15-27)14-17-4-12-23(13-5-17)32-16-18-2-8-21(26)9-3-18/h2-14H,16H2,1H3,(H,28,29)/b20-14+. The molecule has 0 aliphatic carbocycles. The fourth-order valence-corrected chi connectivity index (χ4v) is 2.99. The maximum atomic E-state index is 12.5. The van der Waals surface area contributed by atoms with Crippen molar-refractivity contribution in [1.82, 2.24) is 0 Å². The van der Waals surface area contributed by atoms with Crippen LogP contribution in [0, 0.1) is 11.3 Å².